The van der Waals surface area contributed by atoms with Crippen molar-refractivity contribution >= 4 is 54.8 Å². The number of rotatable bonds is 7. The van der Waals surface area contributed by atoms with Gasteiger partial charge in [-0.25, -0.2) is 0 Å². The zero-order chi connectivity index (χ0) is 42.7. The molecule has 0 N–H and O–H groups in total. The number of aromatic nitrogens is 4. The van der Waals surface area contributed by atoms with E-state index in [9.17, 15) is 0 Å². The van der Waals surface area contributed by atoms with Crippen LogP contribution in [0.1, 0.15) is 37.9 Å². The van der Waals surface area contributed by atoms with E-state index in [1.54, 1.807) is 0 Å². The highest BCUT2D eigenvalue weighted by atomic mass is 15.0. The molecular weight excluding hydrogens is 777 g/mol. The molecule has 2 aliphatic carbocycles. The zero-order valence-electron chi connectivity index (χ0n) is 36.0. The number of hydrogen-bond donors (Lipinski definition) is 0. The molecule has 64 heavy (non-hydrogen) atoms. The average Bonchev–Trinajstić information content (AvgIpc) is 3.89. The molecule has 4 heteroatoms. The minimum Gasteiger partial charge on any atom is -0.307 e. The van der Waals surface area contributed by atoms with E-state index in [1.807, 2.05) is 12.4 Å². The van der Waals surface area contributed by atoms with Crippen molar-refractivity contribution in [3.05, 3.63) is 218 Å². The smallest absolute Gasteiger partial charge is 0.0948 e. The first kappa shape index (κ1) is 37.9. The van der Waals surface area contributed by atoms with E-state index in [-0.39, 0.29) is 0 Å². The Bertz CT molecular complexity index is 3450. The number of hydrogen-bond acceptors (Lipinski definition) is 2. The normalized spacial score (nSPS) is 16.2. The number of allylic oxidation sites excluding steroid dienone is 8. The summed E-state index contributed by atoms with van der Waals surface area (Å²) in [6, 6.07) is 57.3. The Labute approximate surface area is 373 Å². The fraction of sp³-hybridized carbons (Fsp3) is 0.100. The van der Waals surface area contributed by atoms with E-state index in [0.717, 1.165) is 63.3 Å². The molecule has 0 radical (unpaired) electrons. The van der Waals surface area contributed by atoms with E-state index in [0.29, 0.717) is 11.8 Å². The highest BCUT2D eigenvalue weighted by Crippen LogP contribution is 2.44. The van der Waals surface area contributed by atoms with E-state index >= 15 is 0 Å². The minimum atomic E-state index is 0.420. The molecule has 0 amide bonds. The molecule has 0 saturated carbocycles. The lowest BCUT2D eigenvalue weighted by Gasteiger charge is -2.20. The number of nitrogens with zero attached hydrogens (tertiary/aromatic N) is 4. The van der Waals surface area contributed by atoms with E-state index in [2.05, 4.69) is 217 Å². The van der Waals surface area contributed by atoms with Crippen molar-refractivity contribution in [2.75, 3.05) is 0 Å². The van der Waals surface area contributed by atoms with Crippen LogP contribution >= 0.6 is 0 Å². The van der Waals surface area contributed by atoms with Crippen LogP contribution in [-0.2, 0) is 0 Å². The van der Waals surface area contributed by atoms with Crippen molar-refractivity contribution in [1.29, 1.82) is 0 Å². The molecule has 10 aromatic rings. The molecular formula is C60H46N4. The molecule has 0 fully saturated rings. The third-order valence-electron chi connectivity index (χ3n) is 13.4. The maximum atomic E-state index is 5.10. The first-order valence-corrected chi connectivity index (χ1v) is 22.5. The molecule has 0 spiro atoms. The van der Waals surface area contributed by atoms with Gasteiger partial charge in [0, 0.05) is 62.0 Å². The topological polar surface area (TPSA) is 35.6 Å². The van der Waals surface area contributed by atoms with E-state index < -0.39 is 0 Å². The lowest BCUT2D eigenvalue weighted by atomic mass is 9.87. The van der Waals surface area contributed by atoms with Gasteiger partial charge in [0.15, 0.2) is 0 Å². The minimum absolute atomic E-state index is 0.420. The number of para-hydroxylation sites is 2. The first-order valence-electron chi connectivity index (χ1n) is 22.5. The second kappa shape index (κ2) is 15.5. The van der Waals surface area contributed by atoms with Crippen LogP contribution in [-0.4, -0.2) is 19.1 Å². The van der Waals surface area contributed by atoms with Crippen molar-refractivity contribution in [3.63, 3.8) is 0 Å². The number of benzene rings is 6. The third kappa shape index (κ3) is 6.20. The Morgan fingerprint density at radius 1 is 0.469 bits per heavy atom. The third-order valence-corrected chi connectivity index (χ3v) is 13.4. The fourth-order valence-corrected chi connectivity index (χ4v) is 10.3. The summed E-state index contributed by atoms with van der Waals surface area (Å²) in [7, 11) is 0. The molecule has 0 aliphatic heterocycles. The van der Waals surface area contributed by atoms with Gasteiger partial charge < -0.3 is 9.13 Å². The van der Waals surface area contributed by atoms with Crippen molar-refractivity contribution < 1.29 is 0 Å². The molecule has 12 rings (SSSR count). The van der Waals surface area contributed by atoms with Crippen LogP contribution in [0.3, 0.4) is 0 Å². The van der Waals surface area contributed by atoms with Crippen molar-refractivity contribution in [2.45, 2.75) is 26.7 Å². The molecule has 2 unspecified atom stereocenters. The van der Waals surface area contributed by atoms with E-state index in [4.69, 9.17) is 9.97 Å². The molecule has 4 aromatic heterocycles. The van der Waals surface area contributed by atoms with Crippen LogP contribution < -0.4 is 0 Å². The zero-order valence-corrected chi connectivity index (χ0v) is 36.0. The van der Waals surface area contributed by atoms with Crippen molar-refractivity contribution in [1.82, 2.24) is 19.1 Å². The van der Waals surface area contributed by atoms with Crippen molar-refractivity contribution in [3.8, 4) is 44.9 Å². The average molecular weight is 823 g/mol. The van der Waals surface area contributed by atoms with Gasteiger partial charge in [-0.05, 0) is 88.9 Å². The Morgan fingerprint density at radius 3 is 1.61 bits per heavy atom. The summed E-state index contributed by atoms with van der Waals surface area (Å²) in [5, 5.41) is 4.86. The van der Waals surface area contributed by atoms with Crippen LogP contribution in [0.4, 0.5) is 0 Å². The van der Waals surface area contributed by atoms with Gasteiger partial charge >= 0.3 is 0 Å². The van der Waals surface area contributed by atoms with Gasteiger partial charge in [0.2, 0.25) is 0 Å². The predicted octanol–water partition coefficient (Wildman–Crippen LogP) is 15.6. The lowest BCUT2D eigenvalue weighted by Crippen LogP contribution is -2.05. The molecule has 2 aliphatic rings. The first-order chi connectivity index (χ1) is 31.6. The molecule has 4 nitrogen and oxygen atoms in total. The second-order valence-electron chi connectivity index (χ2n) is 17.4. The Hall–Kier alpha value is -7.82. The SMILES string of the molecule is CC1C=CC(c2nccc3c4cccc(C5=CC=CCC5C)c4n(-c4ccc(-c5ccc(-n6c7c(-c8ccccc8)cccc7c7ccnc(-c8ccccc8)c76)cc5)cc4)c23)=CC1. The summed E-state index contributed by atoms with van der Waals surface area (Å²) in [5.74, 6) is 0.941. The lowest BCUT2D eigenvalue weighted by molar-refractivity contribution is 0.739. The highest BCUT2D eigenvalue weighted by Gasteiger charge is 2.25. The van der Waals surface area contributed by atoms with Gasteiger partial charge in [-0.15, -0.1) is 0 Å². The van der Waals surface area contributed by atoms with Crippen LogP contribution in [0.15, 0.2) is 207 Å². The Morgan fingerprint density at radius 2 is 1.02 bits per heavy atom. The van der Waals surface area contributed by atoms with Crippen LogP contribution in [0.2, 0.25) is 0 Å². The van der Waals surface area contributed by atoms with Crippen LogP contribution in [0.5, 0.6) is 0 Å². The monoisotopic (exact) mass is 822 g/mol. The number of fused-ring (bicyclic) bond motifs is 6. The standard InChI is InChI=1S/C60H46N4/c1-39-23-25-45(26-24-39)56-60-54(36-38-62-56)52-22-12-20-50(48-18-10-9-13-40(48)2)58(52)64(60)47-33-29-42(30-34-47)41-27-31-46(32-28-41)63-57-49(43-14-5-3-6-15-43)19-11-21-51(57)53-35-37-61-55(59(53)63)44-16-7-4-8-17-44/h3-12,14-23,25-40H,13,24H2,1-2H3. The van der Waals surface area contributed by atoms with Crippen LogP contribution in [0.25, 0.3) is 99.6 Å². The maximum absolute atomic E-state index is 5.10. The Kier molecular flexibility index (Phi) is 9.19. The predicted molar refractivity (Wildman–Crippen MR) is 269 cm³/mol. The fourth-order valence-electron chi connectivity index (χ4n) is 10.3. The number of pyridine rings is 2. The summed E-state index contributed by atoms with van der Waals surface area (Å²) in [6.45, 7) is 4.62. The molecule has 4 heterocycles. The quantitative estimate of drug-likeness (QED) is 0.161. The van der Waals surface area contributed by atoms with Gasteiger partial charge in [0.05, 0.1) is 33.5 Å². The largest absolute Gasteiger partial charge is 0.307 e. The molecule has 6 aromatic carbocycles. The molecule has 306 valence electrons. The summed E-state index contributed by atoms with van der Waals surface area (Å²) in [5.41, 5.74) is 18.5. The van der Waals surface area contributed by atoms with Gasteiger partial charge in [-0.2, -0.15) is 0 Å². The molecule has 0 saturated heterocycles. The van der Waals surface area contributed by atoms with Gasteiger partial charge in [0.1, 0.15) is 0 Å². The highest BCUT2D eigenvalue weighted by molar-refractivity contribution is 6.17. The van der Waals surface area contributed by atoms with Gasteiger partial charge in [-0.1, -0.05) is 172 Å². The summed E-state index contributed by atoms with van der Waals surface area (Å²) in [6.07, 6.45) is 19.7. The Balaban J connectivity index is 1.01. The van der Waals surface area contributed by atoms with Crippen LogP contribution in [0, 0.1) is 11.8 Å². The molecule has 0 bridgehead atoms. The van der Waals surface area contributed by atoms with Gasteiger partial charge in [0.25, 0.3) is 0 Å². The van der Waals surface area contributed by atoms with Gasteiger partial charge in [-0.3, -0.25) is 9.97 Å². The summed E-state index contributed by atoms with van der Waals surface area (Å²) >= 11 is 0. The van der Waals surface area contributed by atoms with E-state index in [1.165, 1.54) is 60.4 Å². The summed E-state index contributed by atoms with van der Waals surface area (Å²) in [4.78, 5) is 10.1. The molecule has 2 atom stereocenters. The maximum Gasteiger partial charge on any atom is 0.0948 e. The summed E-state index contributed by atoms with van der Waals surface area (Å²) < 4.78 is 4.91. The second-order valence-corrected chi connectivity index (χ2v) is 17.4. The van der Waals surface area contributed by atoms with Crippen molar-refractivity contribution in [2.24, 2.45) is 11.8 Å².